The Morgan fingerprint density at radius 1 is 1.07 bits per heavy atom. The minimum atomic E-state index is -0.801. The molecule has 3 rings (SSSR count). The molecule has 140 valence electrons. The molecule has 2 aromatic rings. The fourth-order valence-electron chi connectivity index (χ4n) is 2.89. The minimum Gasteiger partial charge on any atom is -0.492 e. The Labute approximate surface area is 157 Å². The summed E-state index contributed by atoms with van der Waals surface area (Å²) in [5.74, 6) is -1.05. The Balaban J connectivity index is 1.67. The lowest BCUT2D eigenvalue weighted by atomic mass is 10.2. The summed E-state index contributed by atoms with van der Waals surface area (Å²) in [5.41, 5.74) is 1.58. The van der Waals surface area contributed by atoms with Gasteiger partial charge in [0.2, 0.25) is 5.91 Å². The SMILES string of the molecule is CCOc1ccccc1NC(=O)C(=O)Nc1cccc(N2CCCC2=O)c1. The van der Waals surface area contributed by atoms with Crippen molar-refractivity contribution in [2.45, 2.75) is 19.8 Å². The Hall–Kier alpha value is -3.35. The Morgan fingerprint density at radius 2 is 1.85 bits per heavy atom. The molecule has 7 heteroatoms. The predicted octanol–water partition coefficient (Wildman–Crippen LogP) is 2.79. The van der Waals surface area contributed by atoms with Crippen molar-refractivity contribution in [3.63, 3.8) is 0 Å². The first-order valence-corrected chi connectivity index (χ1v) is 8.83. The summed E-state index contributed by atoms with van der Waals surface area (Å²) in [5, 5.41) is 5.11. The molecule has 0 radical (unpaired) electrons. The first-order valence-electron chi connectivity index (χ1n) is 8.83. The van der Waals surface area contributed by atoms with Gasteiger partial charge in [-0.2, -0.15) is 0 Å². The topological polar surface area (TPSA) is 87.7 Å². The third kappa shape index (κ3) is 4.44. The van der Waals surface area contributed by atoms with Gasteiger partial charge in [0.25, 0.3) is 0 Å². The number of nitrogens with zero attached hydrogens (tertiary/aromatic N) is 1. The number of ether oxygens (including phenoxy) is 1. The van der Waals surface area contributed by atoms with Crippen LogP contribution in [0.2, 0.25) is 0 Å². The summed E-state index contributed by atoms with van der Waals surface area (Å²) in [6.07, 6.45) is 1.34. The normalized spacial score (nSPS) is 13.4. The zero-order valence-electron chi connectivity index (χ0n) is 15.0. The highest BCUT2D eigenvalue weighted by atomic mass is 16.5. The molecule has 1 heterocycles. The van der Waals surface area contributed by atoms with Crippen LogP contribution < -0.4 is 20.3 Å². The molecule has 1 aliphatic rings. The zero-order valence-corrected chi connectivity index (χ0v) is 15.0. The lowest BCUT2D eigenvalue weighted by Gasteiger charge is -2.16. The second kappa shape index (κ2) is 8.35. The van der Waals surface area contributed by atoms with Gasteiger partial charge < -0.3 is 20.3 Å². The average molecular weight is 367 g/mol. The van der Waals surface area contributed by atoms with Gasteiger partial charge in [-0.1, -0.05) is 18.2 Å². The van der Waals surface area contributed by atoms with Gasteiger partial charge in [0.15, 0.2) is 0 Å². The van der Waals surface area contributed by atoms with Gasteiger partial charge in [-0.05, 0) is 43.7 Å². The number of carbonyl (C=O) groups is 3. The van der Waals surface area contributed by atoms with Crippen LogP contribution in [0.4, 0.5) is 17.1 Å². The lowest BCUT2D eigenvalue weighted by molar-refractivity contribution is -0.133. The summed E-state index contributed by atoms with van der Waals surface area (Å²) in [4.78, 5) is 38.0. The van der Waals surface area contributed by atoms with Crippen molar-refractivity contribution in [3.05, 3.63) is 48.5 Å². The standard InChI is InChI=1S/C20H21N3O4/c1-2-27-17-10-4-3-9-16(17)22-20(26)19(25)21-14-7-5-8-15(13-14)23-12-6-11-18(23)24/h3-5,7-10,13H,2,6,11-12H2,1H3,(H,21,25)(H,22,26). The molecule has 7 nitrogen and oxygen atoms in total. The summed E-state index contributed by atoms with van der Waals surface area (Å²) in [6, 6.07) is 13.8. The second-order valence-corrected chi connectivity index (χ2v) is 6.04. The van der Waals surface area contributed by atoms with Crippen molar-refractivity contribution >= 4 is 34.8 Å². The molecule has 0 atom stereocenters. The number of nitrogens with one attached hydrogen (secondary N) is 2. The maximum Gasteiger partial charge on any atom is 0.314 e. The Kier molecular flexibility index (Phi) is 5.71. The third-order valence-corrected chi connectivity index (χ3v) is 4.13. The van der Waals surface area contributed by atoms with Gasteiger partial charge in [-0.3, -0.25) is 14.4 Å². The number of rotatable bonds is 5. The monoisotopic (exact) mass is 367 g/mol. The maximum atomic E-state index is 12.2. The van der Waals surface area contributed by atoms with Gasteiger partial charge in [-0.15, -0.1) is 0 Å². The Bertz CT molecular complexity index is 866. The highest BCUT2D eigenvalue weighted by molar-refractivity contribution is 6.43. The van der Waals surface area contributed by atoms with Crippen molar-refractivity contribution in [2.75, 3.05) is 28.7 Å². The lowest BCUT2D eigenvalue weighted by Crippen LogP contribution is -2.29. The molecule has 3 amide bonds. The van der Waals surface area contributed by atoms with Crippen LogP contribution in [-0.2, 0) is 14.4 Å². The molecule has 1 fully saturated rings. The molecule has 1 saturated heterocycles. The highest BCUT2D eigenvalue weighted by Gasteiger charge is 2.22. The number of carbonyl (C=O) groups excluding carboxylic acids is 3. The van der Waals surface area contributed by atoms with Crippen LogP contribution in [0.3, 0.4) is 0 Å². The minimum absolute atomic E-state index is 0.0590. The largest absolute Gasteiger partial charge is 0.492 e. The molecule has 0 aliphatic carbocycles. The quantitative estimate of drug-likeness (QED) is 0.796. The Morgan fingerprint density at radius 3 is 2.59 bits per heavy atom. The van der Waals surface area contributed by atoms with Gasteiger partial charge >= 0.3 is 11.8 Å². The number of benzene rings is 2. The van der Waals surface area contributed by atoms with Gasteiger partial charge in [-0.25, -0.2) is 0 Å². The van der Waals surface area contributed by atoms with E-state index in [4.69, 9.17) is 4.74 Å². The molecule has 1 aliphatic heterocycles. The maximum absolute atomic E-state index is 12.2. The smallest absolute Gasteiger partial charge is 0.314 e. The second-order valence-electron chi connectivity index (χ2n) is 6.04. The van der Waals surface area contributed by atoms with Crippen LogP contribution >= 0.6 is 0 Å². The van der Waals surface area contributed by atoms with E-state index in [2.05, 4.69) is 10.6 Å². The van der Waals surface area contributed by atoms with Crippen molar-refractivity contribution in [3.8, 4) is 5.75 Å². The first-order chi connectivity index (χ1) is 13.1. The summed E-state index contributed by atoms with van der Waals surface area (Å²) in [6.45, 7) is 2.94. The van der Waals surface area contributed by atoms with E-state index < -0.39 is 11.8 Å². The van der Waals surface area contributed by atoms with Crippen LogP contribution in [0.1, 0.15) is 19.8 Å². The van der Waals surface area contributed by atoms with E-state index in [0.29, 0.717) is 42.4 Å². The van der Waals surface area contributed by atoms with Gasteiger partial charge in [0.05, 0.1) is 12.3 Å². The molecule has 0 saturated carbocycles. The number of anilines is 3. The summed E-state index contributed by atoms with van der Waals surface area (Å²) < 4.78 is 5.43. The fourth-order valence-corrected chi connectivity index (χ4v) is 2.89. The zero-order chi connectivity index (χ0) is 19.2. The van der Waals surface area contributed by atoms with Crippen molar-refractivity contribution in [1.82, 2.24) is 0 Å². The van der Waals surface area contributed by atoms with E-state index in [0.717, 1.165) is 6.42 Å². The van der Waals surface area contributed by atoms with E-state index in [1.165, 1.54) is 0 Å². The third-order valence-electron chi connectivity index (χ3n) is 4.13. The van der Waals surface area contributed by atoms with E-state index in [9.17, 15) is 14.4 Å². The number of amides is 3. The number of para-hydroxylation sites is 2. The summed E-state index contributed by atoms with van der Waals surface area (Å²) >= 11 is 0. The fraction of sp³-hybridized carbons (Fsp3) is 0.250. The highest BCUT2D eigenvalue weighted by Crippen LogP contribution is 2.25. The summed E-state index contributed by atoms with van der Waals surface area (Å²) in [7, 11) is 0. The van der Waals surface area contributed by atoms with Crippen molar-refractivity contribution < 1.29 is 19.1 Å². The van der Waals surface area contributed by atoms with E-state index in [1.807, 2.05) is 6.92 Å². The van der Waals surface area contributed by atoms with Gasteiger partial charge in [0.1, 0.15) is 5.75 Å². The van der Waals surface area contributed by atoms with Crippen LogP contribution in [-0.4, -0.2) is 30.9 Å². The van der Waals surface area contributed by atoms with Crippen LogP contribution in [0.25, 0.3) is 0 Å². The number of hydrogen-bond donors (Lipinski definition) is 2. The number of hydrogen-bond acceptors (Lipinski definition) is 4. The van der Waals surface area contributed by atoms with Crippen LogP contribution in [0.5, 0.6) is 5.75 Å². The molecule has 2 N–H and O–H groups in total. The van der Waals surface area contributed by atoms with Gasteiger partial charge in [0, 0.05) is 24.3 Å². The van der Waals surface area contributed by atoms with Crippen LogP contribution in [0, 0.1) is 0 Å². The molecule has 27 heavy (non-hydrogen) atoms. The molecular weight excluding hydrogens is 346 g/mol. The molecule has 0 spiro atoms. The predicted molar refractivity (Wildman–Crippen MR) is 103 cm³/mol. The van der Waals surface area contributed by atoms with E-state index >= 15 is 0 Å². The van der Waals surface area contributed by atoms with Crippen molar-refractivity contribution in [1.29, 1.82) is 0 Å². The average Bonchev–Trinajstić information content (AvgIpc) is 3.09. The van der Waals surface area contributed by atoms with Crippen molar-refractivity contribution in [2.24, 2.45) is 0 Å². The van der Waals surface area contributed by atoms with E-state index in [1.54, 1.807) is 53.4 Å². The molecule has 0 bridgehead atoms. The molecule has 2 aromatic carbocycles. The first kappa shape index (κ1) is 18.4. The molecule has 0 aromatic heterocycles. The molecular formula is C20H21N3O4. The van der Waals surface area contributed by atoms with E-state index in [-0.39, 0.29) is 5.91 Å². The molecule has 0 unspecified atom stereocenters. The van der Waals surface area contributed by atoms with Crippen LogP contribution in [0.15, 0.2) is 48.5 Å².